The molecule has 6 atom stereocenters. The number of ether oxygens (including phenoxy) is 5. The van der Waals surface area contributed by atoms with Gasteiger partial charge in [0.1, 0.15) is 23.2 Å². The molecular formula is C33H50O7Si. The summed E-state index contributed by atoms with van der Waals surface area (Å²) >= 11 is 0. The largest absolute Gasteiger partial charge is 0.463 e. The first kappa shape index (κ1) is 32.1. The molecular weight excluding hydrogens is 536 g/mol. The summed E-state index contributed by atoms with van der Waals surface area (Å²) in [6.45, 7) is 21.5. The molecule has 228 valence electrons. The molecule has 0 unspecified atom stereocenters. The third-order valence-electron chi connectivity index (χ3n) is 8.63. The summed E-state index contributed by atoms with van der Waals surface area (Å²) in [5.41, 5.74) is 0.422. The Balaban J connectivity index is 1.52. The number of furan rings is 1. The number of hydrogen-bond acceptors (Lipinski definition) is 7. The van der Waals surface area contributed by atoms with Gasteiger partial charge in [0.05, 0.1) is 38.1 Å². The van der Waals surface area contributed by atoms with Crippen molar-refractivity contribution in [2.75, 3.05) is 26.4 Å². The Morgan fingerprint density at radius 1 is 1.12 bits per heavy atom. The first-order valence-corrected chi connectivity index (χ1v) is 17.9. The van der Waals surface area contributed by atoms with Crippen LogP contribution < -0.4 is 0 Å². The standard InChI is InChI=1S/C33H50O7Si/c1-9-14-26(35-20-19-34-10-2)27-18-17-25(37-27)21-28-29(40-41(7,8)32(3,4)5)22-30-33(6,39-28)23-36-31(38-30)24-15-12-11-13-16-24/h9,11-13,15-18,26,28-31H,1,10,14,19-23H2,2-8H3/t26-,28-,29+,30-,31+,33+/m0/s1. The Labute approximate surface area is 247 Å². The van der Waals surface area contributed by atoms with E-state index in [-0.39, 0.29) is 29.5 Å². The highest BCUT2D eigenvalue weighted by Crippen LogP contribution is 2.45. The van der Waals surface area contributed by atoms with Gasteiger partial charge in [-0.05, 0) is 50.5 Å². The third-order valence-corrected chi connectivity index (χ3v) is 13.1. The molecule has 2 fully saturated rings. The van der Waals surface area contributed by atoms with Gasteiger partial charge in [-0.15, -0.1) is 6.58 Å². The summed E-state index contributed by atoms with van der Waals surface area (Å²) in [5, 5.41) is 0.0655. The molecule has 0 radical (unpaired) electrons. The third kappa shape index (κ3) is 7.99. The van der Waals surface area contributed by atoms with Gasteiger partial charge in [0.15, 0.2) is 14.6 Å². The zero-order valence-electron chi connectivity index (χ0n) is 26.0. The van der Waals surface area contributed by atoms with Gasteiger partial charge in [-0.2, -0.15) is 0 Å². The van der Waals surface area contributed by atoms with E-state index in [1.54, 1.807) is 0 Å². The highest BCUT2D eigenvalue weighted by molar-refractivity contribution is 6.74. The molecule has 1 aromatic heterocycles. The lowest BCUT2D eigenvalue weighted by atomic mass is 9.86. The summed E-state index contributed by atoms with van der Waals surface area (Å²) < 4.78 is 44.5. The van der Waals surface area contributed by atoms with E-state index in [1.807, 2.05) is 55.5 Å². The van der Waals surface area contributed by atoms with Crippen LogP contribution in [0.3, 0.4) is 0 Å². The van der Waals surface area contributed by atoms with Crippen LogP contribution in [0.15, 0.2) is 59.5 Å². The Bertz CT molecular complexity index is 1090. The van der Waals surface area contributed by atoms with Crippen LogP contribution in [0.2, 0.25) is 18.1 Å². The fourth-order valence-electron chi connectivity index (χ4n) is 5.19. The molecule has 0 aliphatic carbocycles. The van der Waals surface area contributed by atoms with E-state index in [0.717, 1.165) is 23.5 Å². The molecule has 3 heterocycles. The van der Waals surface area contributed by atoms with Crippen molar-refractivity contribution >= 4 is 8.32 Å². The number of benzene rings is 1. The predicted octanol–water partition coefficient (Wildman–Crippen LogP) is 7.54. The molecule has 8 heteroatoms. The van der Waals surface area contributed by atoms with E-state index in [2.05, 4.69) is 47.4 Å². The second-order valence-corrected chi connectivity index (χ2v) is 17.6. The molecule has 0 spiro atoms. The van der Waals surface area contributed by atoms with Crippen LogP contribution >= 0.6 is 0 Å². The molecule has 0 saturated carbocycles. The first-order valence-electron chi connectivity index (χ1n) is 15.0. The van der Waals surface area contributed by atoms with Crippen LogP contribution in [-0.2, 0) is 34.5 Å². The summed E-state index contributed by atoms with van der Waals surface area (Å²) in [5.74, 6) is 1.63. The van der Waals surface area contributed by atoms with Crippen LogP contribution in [0.1, 0.15) is 76.9 Å². The van der Waals surface area contributed by atoms with E-state index in [4.69, 9.17) is 32.5 Å². The van der Waals surface area contributed by atoms with Gasteiger partial charge in [0.2, 0.25) is 0 Å². The Hall–Kier alpha value is -1.78. The summed E-state index contributed by atoms with van der Waals surface area (Å²) in [7, 11) is -2.10. The van der Waals surface area contributed by atoms with Crippen LogP contribution in [-0.4, -0.2) is 58.7 Å². The van der Waals surface area contributed by atoms with E-state index in [9.17, 15) is 0 Å². The summed E-state index contributed by atoms with van der Waals surface area (Å²) in [6.07, 6.45) is 2.71. The number of hydrogen-bond donors (Lipinski definition) is 0. The lowest BCUT2D eigenvalue weighted by Crippen LogP contribution is -2.63. The predicted molar refractivity (Wildman–Crippen MR) is 162 cm³/mol. The molecule has 4 rings (SSSR count). The highest BCUT2D eigenvalue weighted by atomic mass is 28.4. The lowest BCUT2D eigenvalue weighted by molar-refractivity contribution is -0.336. The Morgan fingerprint density at radius 2 is 1.88 bits per heavy atom. The molecule has 0 amide bonds. The Kier molecular flexibility index (Phi) is 10.7. The van der Waals surface area contributed by atoms with Gasteiger partial charge in [-0.1, -0.05) is 57.2 Å². The lowest BCUT2D eigenvalue weighted by Gasteiger charge is -2.53. The fraction of sp³-hybridized carbons (Fsp3) is 0.636. The highest BCUT2D eigenvalue weighted by Gasteiger charge is 2.53. The molecule has 2 saturated heterocycles. The fourth-order valence-corrected chi connectivity index (χ4v) is 6.55. The average Bonchev–Trinajstić information content (AvgIpc) is 3.38. The molecule has 2 aromatic rings. The monoisotopic (exact) mass is 586 g/mol. The van der Waals surface area contributed by atoms with Crippen LogP contribution in [0.25, 0.3) is 0 Å². The average molecular weight is 587 g/mol. The molecule has 0 N–H and O–H groups in total. The van der Waals surface area contributed by atoms with Crippen molar-refractivity contribution < 1.29 is 32.5 Å². The van der Waals surface area contributed by atoms with Gasteiger partial charge in [0, 0.05) is 25.0 Å². The molecule has 0 bridgehead atoms. The second kappa shape index (κ2) is 13.7. The van der Waals surface area contributed by atoms with Crippen molar-refractivity contribution in [1.29, 1.82) is 0 Å². The maximum Gasteiger partial charge on any atom is 0.192 e. The minimum Gasteiger partial charge on any atom is -0.463 e. The summed E-state index contributed by atoms with van der Waals surface area (Å²) in [6, 6.07) is 14.1. The minimum atomic E-state index is -2.10. The maximum atomic E-state index is 7.03. The topological polar surface area (TPSA) is 68.5 Å². The molecule has 1 aromatic carbocycles. The normalized spacial score (nSPS) is 27.8. The Morgan fingerprint density at radius 3 is 2.56 bits per heavy atom. The first-order chi connectivity index (χ1) is 19.5. The van der Waals surface area contributed by atoms with E-state index in [1.165, 1.54) is 0 Å². The van der Waals surface area contributed by atoms with Crippen molar-refractivity contribution in [2.24, 2.45) is 0 Å². The van der Waals surface area contributed by atoms with Crippen LogP contribution in [0.5, 0.6) is 0 Å². The van der Waals surface area contributed by atoms with Gasteiger partial charge in [0.25, 0.3) is 0 Å². The SMILES string of the molecule is C=CC[C@H](OCCOCC)c1ccc(C[C@@H]2O[C@]3(C)CO[C@@H](c4ccccc4)O[C@H]3C[C@H]2O[Si](C)(C)C(C)(C)C)o1. The van der Waals surface area contributed by atoms with Crippen molar-refractivity contribution in [3.05, 3.63) is 72.2 Å². The van der Waals surface area contributed by atoms with Gasteiger partial charge in [-0.25, -0.2) is 0 Å². The number of rotatable bonds is 13. The van der Waals surface area contributed by atoms with Gasteiger partial charge < -0.3 is 32.5 Å². The van der Waals surface area contributed by atoms with Crippen molar-refractivity contribution in [1.82, 2.24) is 0 Å². The van der Waals surface area contributed by atoms with Crippen LogP contribution in [0, 0.1) is 0 Å². The molecule has 41 heavy (non-hydrogen) atoms. The quantitative estimate of drug-likeness (QED) is 0.136. The van der Waals surface area contributed by atoms with Crippen LogP contribution in [0.4, 0.5) is 0 Å². The zero-order valence-corrected chi connectivity index (χ0v) is 27.0. The molecule has 2 aliphatic rings. The molecule has 2 aliphatic heterocycles. The molecule has 7 nitrogen and oxygen atoms in total. The second-order valence-electron chi connectivity index (χ2n) is 12.9. The van der Waals surface area contributed by atoms with Crippen molar-refractivity contribution in [3.8, 4) is 0 Å². The zero-order chi connectivity index (χ0) is 29.7. The smallest absolute Gasteiger partial charge is 0.192 e. The summed E-state index contributed by atoms with van der Waals surface area (Å²) in [4.78, 5) is 0. The van der Waals surface area contributed by atoms with E-state index in [0.29, 0.717) is 39.3 Å². The van der Waals surface area contributed by atoms with E-state index < -0.39 is 20.2 Å². The van der Waals surface area contributed by atoms with E-state index >= 15 is 0 Å². The minimum absolute atomic E-state index is 0.0655. The maximum absolute atomic E-state index is 7.03. The van der Waals surface area contributed by atoms with Crippen molar-refractivity contribution in [2.45, 2.75) is 108 Å². The number of fused-ring (bicyclic) bond motifs is 1. The van der Waals surface area contributed by atoms with Gasteiger partial charge in [-0.3, -0.25) is 0 Å². The van der Waals surface area contributed by atoms with Crippen molar-refractivity contribution in [3.63, 3.8) is 0 Å². The van der Waals surface area contributed by atoms with Gasteiger partial charge >= 0.3 is 0 Å².